The Balaban J connectivity index is 2.17. The predicted molar refractivity (Wildman–Crippen MR) is 117 cm³/mol. The Morgan fingerprint density at radius 3 is 2.45 bits per heavy atom. The lowest BCUT2D eigenvalue weighted by Gasteiger charge is -2.23. The van der Waals surface area contributed by atoms with E-state index >= 15 is 0 Å². The molecule has 0 aliphatic heterocycles. The molecule has 0 amide bonds. The zero-order valence-electron chi connectivity index (χ0n) is 16.9. The van der Waals surface area contributed by atoms with Gasteiger partial charge in [0.2, 0.25) is 16.0 Å². The summed E-state index contributed by atoms with van der Waals surface area (Å²) >= 11 is 3.40. The average Bonchev–Trinajstić information content (AvgIpc) is 2.61. The fourth-order valence-electron chi connectivity index (χ4n) is 1.97. The number of rotatable bonds is 7. The molecule has 4 N–H and O–H groups in total. The molecule has 1 aromatic heterocycles. The van der Waals surface area contributed by atoms with Crippen LogP contribution < -0.4 is 15.9 Å². The number of hydrogen-bond acceptors (Lipinski definition) is 8. The topological polar surface area (TPSA) is 132 Å². The summed E-state index contributed by atoms with van der Waals surface area (Å²) < 4.78 is 23.3. The van der Waals surface area contributed by atoms with Crippen LogP contribution in [-0.4, -0.2) is 35.7 Å². The van der Waals surface area contributed by atoms with Crippen molar-refractivity contribution in [2.45, 2.75) is 51.2 Å². The fraction of sp³-hybridized carbons (Fsp3) is 0.389. The van der Waals surface area contributed by atoms with Crippen molar-refractivity contribution in [2.24, 2.45) is 10.1 Å². The minimum absolute atomic E-state index is 0.0275. The minimum atomic E-state index is -3.74. The number of aromatic nitrogens is 2. The van der Waals surface area contributed by atoms with Crippen molar-refractivity contribution in [3.63, 3.8) is 0 Å². The number of nitrogens with two attached hydrogens (primary N) is 1. The number of hydroxylamine groups is 1. The Morgan fingerprint density at radius 2 is 1.90 bits per heavy atom. The van der Waals surface area contributed by atoms with E-state index in [1.807, 2.05) is 34.6 Å². The first-order valence-electron chi connectivity index (χ1n) is 8.76. The number of benzene rings is 1. The van der Waals surface area contributed by atoms with E-state index in [9.17, 15) is 8.42 Å². The second-order valence-corrected chi connectivity index (χ2v) is 9.78. The summed E-state index contributed by atoms with van der Waals surface area (Å²) in [5, 5.41) is 8.11. The lowest BCUT2D eigenvalue weighted by atomic mass is 10.2. The second-order valence-electron chi connectivity index (χ2n) is 7.37. The van der Waals surface area contributed by atoms with Crippen LogP contribution in [0.4, 0.5) is 17.5 Å². The molecule has 1 heterocycles. The summed E-state index contributed by atoms with van der Waals surface area (Å²) in [6.45, 7) is 9.66. The molecule has 11 heteroatoms. The van der Waals surface area contributed by atoms with Gasteiger partial charge < -0.3 is 5.32 Å². The van der Waals surface area contributed by atoms with E-state index in [0.717, 1.165) is 5.71 Å². The highest BCUT2D eigenvalue weighted by atomic mass is 79.9. The number of nitrogens with one attached hydrogen (secondary N) is 2. The molecule has 0 saturated heterocycles. The van der Waals surface area contributed by atoms with Crippen LogP contribution >= 0.6 is 15.9 Å². The van der Waals surface area contributed by atoms with Crippen molar-refractivity contribution >= 4 is 49.1 Å². The Bertz CT molecular complexity index is 988. The third kappa shape index (κ3) is 7.44. The standard InChI is InChI=1S/C18H25BrN6O3S/c1-11(12(2)25-28-18(3,4)5)22-16-15(19)10-21-17(24-16)23-13-6-8-14(9-7-13)29(20,26)27/h6-10,12,25H,1-5H3,(H2,20,26,27)(H,21,23,24). The Labute approximate surface area is 179 Å². The van der Waals surface area contributed by atoms with Crippen molar-refractivity contribution < 1.29 is 13.3 Å². The zero-order chi connectivity index (χ0) is 21.8. The number of sulfonamides is 1. The van der Waals surface area contributed by atoms with Gasteiger partial charge in [0.1, 0.15) is 0 Å². The van der Waals surface area contributed by atoms with Gasteiger partial charge >= 0.3 is 0 Å². The number of aliphatic imine (C=N–C) groups is 1. The van der Waals surface area contributed by atoms with E-state index in [4.69, 9.17) is 9.98 Å². The molecule has 0 fully saturated rings. The van der Waals surface area contributed by atoms with Crippen molar-refractivity contribution in [3.8, 4) is 0 Å². The number of hydrogen-bond donors (Lipinski definition) is 3. The maximum Gasteiger partial charge on any atom is 0.238 e. The number of primary sulfonamides is 1. The molecular weight excluding hydrogens is 460 g/mol. The quantitative estimate of drug-likeness (QED) is 0.404. The Morgan fingerprint density at radius 1 is 1.28 bits per heavy atom. The highest BCUT2D eigenvalue weighted by molar-refractivity contribution is 9.10. The lowest BCUT2D eigenvalue weighted by molar-refractivity contribution is -0.0775. The fourth-order valence-corrected chi connectivity index (χ4v) is 2.76. The summed E-state index contributed by atoms with van der Waals surface area (Å²) in [6, 6.07) is 5.84. The molecule has 1 aromatic carbocycles. The molecule has 2 rings (SSSR count). The largest absolute Gasteiger partial charge is 0.324 e. The molecule has 0 radical (unpaired) electrons. The van der Waals surface area contributed by atoms with Crippen molar-refractivity contribution in [3.05, 3.63) is 34.9 Å². The van der Waals surface area contributed by atoms with Crippen LogP contribution in [0.1, 0.15) is 34.6 Å². The normalized spacial score (nSPS) is 14.0. The molecule has 2 aromatic rings. The first-order chi connectivity index (χ1) is 13.3. The maximum atomic E-state index is 11.3. The Hall–Kier alpha value is -1.92. The predicted octanol–water partition coefficient (Wildman–Crippen LogP) is 3.43. The molecule has 1 unspecified atom stereocenters. The average molecular weight is 485 g/mol. The number of halogens is 1. The minimum Gasteiger partial charge on any atom is -0.324 e. The summed E-state index contributed by atoms with van der Waals surface area (Å²) in [7, 11) is -3.74. The SMILES string of the molecule is CC(=Nc1nc(Nc2ccc(S(N)(=O)=O)cc2)ncc1Br)C(C)NOC(C)(C)C. The maximum absolute atomic E-state index is 11.3. The third-order valence-electron chi connectivity index (χ3n) is 3.62. The first-order valence-corrected chi connectivity index (χ1v) is 11.1. The van der Waals surface area contributed by atoms with E-state index in [0.29, 0.717) is 21.9 Å². The second kappa shape index (κ2) is 9.26. The van der Waals surface area contributed by atoms with Crippen LogP contribution in [0.25, 0.3) is 0 Å². The van der Waals surface area contributed by atoms with Gasteiger partial charge in [0, 0.05) is 17.6 Å². The van der Waals surface area contributed by atoms with Gasteiger partial charge in [0.25, 0.3) is 0 Å². The number of nitrogens with zero attached hydrogens (tertiary/aromatic N) is 3. The molecule has 0 aliphatic rings. The molecule has 0 bridgehead atoms. The van der Waals surface area contributed by atoms with Gasteiger partial charge in [-0.2, -0.15) is 10.5 Å². The molecule has 0 spiro atoms. The van der Waals surface area contributed by atoms with Crippen LogP contribution in [-0.2, 0) is 14.9 Å². The highest BCUT2D eigenvalue weighted by Crippen LogP contribution is 2.25. The summed E-state index contributed by atoms with van der Waals surface area (Å²) in [4.78, 5) is 18.8. The molecule has 9 nitrogen and oxygen atoms in total. The van der Waals surface area contributed by atoms with Crippen molar-refractivity contribution in [1.82, 2.24) is 15.4 Å². The van der Waals surface area contributed by atoms with Gasteiger partial charge in [-0.15, -0.1) is 0 Å². The molecule has 29 heavy (non-hydrogen) atoms. The summed E-state index contributed by atoms with van der Waals surface area (Å²) in [5.74, 6) is 0.764. The summed E-state index contributed by atoms with van der Waals surface area (Å²) in [5.41, 5.74) is 4.04. The van der Waals surface area contributed by atoms with Gasteiger partial charge in [-0.3, -0.25) is 4.84 Å². The van der Waals surface area contributed by atoms with E-state index in [2.05, 4.69) is 41.7 Å². The molecule has 0 saturated carbocycles. The van der Waals surface area contributed by atoms with E-state index in [1.165, 1.54) is 12.1 Å². The molecular formula is C18H25BrN6O3S. The lowest BCUT2D eigenvalue weighted by Crippen LogP contribution is -2.38. The van der Waals surface area contributed by atoms with E-state index < -0.39 is 10.0 Å². The van der Waals surface area contributed by atoms with Crippen LogP contribution in [0.2, 0.25) is 0 Å². The van der Waals surface area contributed by atoms with Gasteiger partial charge in [0.05, 0.1) is 21.0 Å². The van der Waals surface area contributed by atoms with Gasteiger partial charge in [0.15, 0.2) is 5.82 Å². The van der Waals surface area contributed by atoms with Crippen LogP contribution in [0, 0.1) is 0 Å². The molecule has 158 valence electrons. The monoisotopic (exact) mass is 484 g/mol. The molecule has 0 aliphatic carbocycles. The van der Waals surface area contributed by atoms with E-state index in [1.54, 1.807) is 18.3 Å². The van der Waals surface area contributed by atoms with Gasteiger partial charge in [-0.25, -0.2) is 23.5 Å². The van der Waals surface area contributed by atoms with Crippen LogP contribution in [0.5, 0.6) is 0 Å². The van der Waals surface area contributed by atoms with Gasteiger partial charge in [-0.1, -0.05) is 0 Å². The third-order valence-corrected chi connectivity index (χ3v) is 5.10. The first kappa shape index (κ1) is 23.4. The van der Waals surface area contributed by atoms with Crippen molar-refractivity contribution in [2.75, 3.05) is 5.32 Å². The molecule has 1 atom stereocenters. The highest BCUT2D eigenvalue weighted by Gasteiger charge is 2.15. The number of anilines is 2. The van der Waals surface area contributed by atoms with E-state index in [-0.39, 0.29) is 16.5 Å². The van der Waals surface area contributed by atoms with Crippen LogP contribution in [0.15, 0.2) is 44.8 Å². The van der Waals surface area contributed by atoms with Gasteiger partial charge in [-0.05, 0) is 74.8 Å². The smallest absolute Gasteiger partial charge is 0.238 e. The van der Waals surface area contributed by atoms with Crippen LogP contribution in [0.3, 0.4) is 0 Å². The van der Waals surface area contributed by atoms with Crippen molar-refractivity contribution in [1.29, 1.82) is 0 Å². The zero-order valence-corrected chi connectivity index (χ0v) is 19.3. The summed E-state index contributed by atoms with van der Waals surface area (Å²) in [6.07, 6.45) is 1.59. The Kier molecular flexibility index (Phi) is 7.46.